The summed E-state index contributed by atoms with van der Waals surface area (Å²) in [5.41, 5.74) is 0.662. The second-order valence-electron chi connectivity index (χ2n) is 5.41. The average Bonchev–Trinajstić information content (AvgIpc) is 2.70. The van der Waals surface area contributed by atoms with Crippen molar-refractivity contribution in [1.29, 1.82) is 0 Å². The van der Waals surface area contributed by atoms with E-state index in [-0.39, 0.29) is 13.2 Å². The number of carboxylic acid groups (broad SMARTS) is 2. The van der Waals surface area contributed by atoms with E-state index in [0.29, 0.717) is 11.1 Å². The van der Waals surface area contributed by atoms with Gasteiger partial charge in [-0.3, -0.25) is 0 Å². The highest BCUT2D eigenvalue weighted by Crippen LogP contribution is 1.96. The minimum atomic E-state index is -0.879. The van der Waals surface area contributed by atoms with Crippen molar-refractivity contribution >= 4 is 11.9 Å². The van der Waals surface area contributed by atoms with Crippen LogP contribution in [0.1, 0.15) is 34.6 Å². The van der Waals surface area contributed by atoms with Crippen LogP contribution in [0, 0.1) is 0 Å². The number of benzene rings is 2. The van der Waals surface area contributed by atoms with Crippen LogP contribution in [0.15, 0.2) is 60.7 Å². The lowest BCUT2D eigenvalue weighted by Gasteiger charge is -1.90. The molecule has 0 amide bonds. The number of carbonyl (C=O) groups is 2. The number of aromatic carboxylic acids is 2. The predicted octanol–water partition coefficient (Wildman–Crippen LogP) is 1.49. The maximum Gasteiger partial charge on any atom is 0.335 e. The summed E-state index contributed by atoms with van der Waals surface area (Å²) in [6.07, 6.45) is -1.12. The van der Waals surface area contributed by atoms with Crippen molar-refractivity contribution < 1.29 is 40.2 Å². The van der Waals surface area contributed by atoms with Gasteiger partial charge in [0.15, 0.2) is 0 Å². The van der Waals surface area contributed by atoms with E-state index in [9.17, 15) is 9.59 Å². The first-order valence-electron chi connectivity index (χ1n) is 8.30. The summed E-state index contributed by atoms with van der Waals surface area (Å²) in [5.74, 6) is -1.76. The molecule has 0 bridgehead atoms. The standard InChI is InChI=1S/2C7H6O2.2C3H8O2/c2*8-7(9)6-4-2-1-3-5-6;2*1-3(5)2-4/h2*1-5H,(H,8,9);2*3-5H,2H2,1H3. The first kappa shape index (κ1) is 27.4. The summed E-state index contributed by atoms with van der Waals surface area (Å²) < 4.78 is 0. The van der Waals surface area contributed by atoms with E-state index in [1.165, 1.54) is 13.8 Å². The molecule has 0 heterocycles. The van der Waals surface area contributed by atoms with Gasteiger partial charge in [-0.2, -0.15) is 0 Å². The molecule has 2 atom stereocenters. The molecule has 0 aliphatic rings. The second kappa shape index (κ2) is 17.6. The van der Waals surface area contributed by atoms with Crippen molar-refractivity contribution in [2.45, 2.75) is 26.1 Å². The molecule has 0 aliphatic heterocycles. The van der Waals surface area contributed by atoms with Gasteiger partial charge in [-0.1, -0.05) is 36.4 Å². The summed E-state index contributed by atoms with van der Waals surface area (Å²) in [5, 5.41) is 48.8. The molecule has 28 heavy (non-hydrogen) atoms. The maximum absolute atomic E-state index is 10.2. The summed E-state index contributed by atoms with van der Waals surface area (Å²) in [6.45, 7) is 2.78. The minimum Gasteiger partial charge on any atom is -0.478 e. The van der Waals surface area contributed by atoms with E-state index >= 15 is 0 Å². The molecule has 8 nitrogen and oxygen atoms in total. The SMILES string of the molecule is CC(O)CO.CC(O)CO.O=C(O)c1ccccc1.O=C(O)c1ccccc1. The number of hydrogen-bond acceptors (Lipinski definition) is 6. The van der Waals surface area contributed by atoms with Crippen LogP contribution in [0.25, 0.3) is 0 Å². The highest BCUT2D eigenvalue weighted by molar-refractivity contribution is 5.87. The van der Waals surface area contributed by atoms with E-state index in [4.69, 9.17) is 30.6 Å². The first-order chi connectivity index (χ1) is 13.1. The highest BCUT2D eigenvalue weighted by atomic mass is 16.4. The molecule has 8 heteroatoms. The van der Waals surface area contributed by atoms with Crippen LogP contribution in [-0.4, -0.2) is 68.0 Å². The molecule has 0 fully saturated rings. The van der Waals surface area contributed by atoms with Crippen LogP contribution < -0.4 is 0 Å². The van der Waals surface area contributed by atoms with Gasteiger partial charge in [0, 0.05) is 0 Å². The van der Waals surface area contributed by atoms with Crippen LogP contribution >= 0.6 is 0 Å². The van der Waals surface area contributed by atoms with Gasteiger partial charge >= 0.3 is 11.9 Å². The van der Waals surface area contributed by atoms with E-state index in [2.05, 4.69) is 0 Å². The van der Waals surface area contributed by atoms with Crippen molar-refractivity contribution in [1.82, 2.24) is 0 Å². The van der Waals surface area contributed by atoms with Crippen molar-refractivity contribution in [2.24, 2.45) is 0 Å². The fourth-order valence-electron chi connectivity index (χ4n) is 1.16. The van der Waals surface area contributed by atoms with E-state index < -0.39 is 24.1 Å². The zero-order valence-corrected chi connectivity index (χ0v) is 15.8. The van der Waals surface area contributed by atoms with E-state index in [0.717, 1.165) is 0 Å². The fourth-order valence-corrected chi connectivity index (χ4v) is 1.16. The molecule has 0 spiro atoms. The summed E-state index contributed by atoms with van der Waals surface area (Å²) in [6, 6.07) is 16.6. The van der Waals surface area contributed by atoms with Gasteiger partial charge in [-0.15, -0.1) is 0 Å². The van der Waals surface area contributed by atoms with Gasteiger partial charge in [0.1, 0.15) is 0 Å². The van der Waals surface area contributed by atoms with Gasteiger partial charge < -0.3 is 30.6 Å². The minimum absolute atomic E-state index is 0.139. The molecule has 2 aromatic carbocycles. The molecule has 0 saturated carbocycles. The molecule has 156 valence electrons. The Bertz CT molecular complexity index is 570. The number of aliphatic hydroxyl groups is 4. The zero-order valence-electron chi connectivity index (χ0n) is 15.8. The number of carboxylic acids is 2. The Kier molecular flexibility index (Phi) is 17.3. The quantitative estimate of drug-likeness (QED) is 0.454. The highest BCUT2D eigenvalue weighted by Gasteiger charge is 1.97. The van der Waals surface area contributed by atoms with Crippen LogP contribution in [0.2, 0.25) is 0 Å². The molecule has 2 aromatic rings. The molecular weight excluding hydrogens is 368 g/mol. The lowest BCUT2D eigenvalue weighted by Crippen LogP contribution is -2.03. The molecule has 0 aromatic heterocycles. The first-order valence-corrected chi connectivity index (χ1v) is 8.30. The lowest BCUT2D eigenvalue weighted by atomic mass is 10.2. The zero-order chi connectivity index (χ0) is 21.9. The summed E-state index contributed by atoms with van der Waals surface area (Å²) in [7, 11) is 0. The normalized spacial score (nSPS) is 11.1. The molecule has 6 N–H and O–H groups in total. The Balaban J connectivity index is 0. The Hall–Kier alpha value is -2.78. The Morgan fingerprint density at radius 1 is 0.679 bits per heavy atom. The predicted molar refractivity (Wildman–Crippen MR) is 104 cm³/mol. The smallest absolute Gasteiger partial charge is 0.335 e. The summed E-state index contributed by atoms with van der Waals surface area (Å²) in [4.78, 5) is 20.4. The van der Waals surface area contributed by atoms with Gasteiger partial charge in [-0.05, 0) is 38.1 Å². The third kappa shape index (κ3) is 18.0. The van der Waals surface area contributed by atoms with Crippen molar-refractivity contribution in [3.63, 3.8) is 0 Å². The molecule has 2 rings (SSSR count). The molecular formula is C20H28O8. The molecule has 2 unspecified atom stereocenters. The van der Waals surface area contributed by atoms with Crippen LogP contribution in [0.3, 0.4) is 0 Å². The van der Waals surface area contributed by atoms with Gasteiger partial charge in [-0.25, -0.2) is 9.59 Å². The maximum atomic E-state index is 10.2. The third-order valence-corrected chi connectivity index (χ3v) is 2.57. The van der Waals surface area contributed by atoms with Crippen molar-refractivity contribution in [3.8, 4) is 0 Å². The Morgan fingerprint density at radius 3 is 1.00 bits per heavy atom. The third-order valence-electron chi connectivity index (χ3n) is 2.57. The monoisotopic (exact) mass is 396 g/mol. The lowest BCUT2D eigenvalue weighted by molar-refractivity contribution is 0.0686. The molecule has 0 aliphatic carbocycles. The van der Waals surface area contributed by atoms with Crippen LogP contribution in [0.4, 0.5) is 0 Å². The van der Waals surface area contributed by atoms with Gasteiger partial charge in [0.05, 0.1) is 36.5 Å². The number of rotatable bonds is 4. The number of aliphatic hydroxyl groups excluding tert-OH is 4. The summed E-state index contributed by atoms with van der Waals surface area (Å²) >= 11 is 0. The molecule has 0 radical (unpaired) electrons. The van der Waals surface area contributed by atoms with E-state index in [1.807, 2.05) is 0 Å². The van der Waals surface area contributed by atoms with Crippen LogP contribution in [0.5, 0.6) is 0 Å². The Morgan fingerprint density at radius 2 is 0.893 bits per heavy atom. The fraction of sp³-hybridized carbons (Fsp3) is 0.300. The molecule has 0 saturated heterocycles. The van der Waals surface area contributed by atoms with Crippen molar-refractivity contribution in [2.75, 3.05) is 13.2 Å². The van der Waals surface area contributed by atoms with Gasteiger partial charge in [0.25, 0.3) is 0 Å². The average molecular weight is 396 g/mol. The van der Waals surface area contributed by atoms with E-state index in [1.54, 1.807) is 60.7 Å². The van der Waals surface area contributed by atoms with Crippen molar-refractivity contribution in [3.05, 3.63) is 71.8 Å². The van der Waals surface area contributed by atoms with Crippen LogP contribution in [-0.2, 0) is 0 Å². The largest absolute Gasteiger partial charge is 0.478 e. The van der Waals surface area contributed by atoms with Gasteiger partial charge in [0.2, 0.25) is 0 Å². The topological polar surface area (TPSA) is 156 Å². The second-order valence-corrected chi connectivity index (χ2v) is 5.41. The number of hydrogen-bond donors (Lipinski definition) is 6. The Labute approximate surface area is 164 Å².